The minimum absolute atomic E-state index is 0.429. The van der Waals surface area contributed by atoms with E-state index in [9.17, 15) is 0 Å². The lowest BCUT2D eigenvalue weighted by molar-refractivity contribution is 0.280. The van der Waals surface area contributed by atoms with Gasteiger partial charge in [0, 0.05) is 13.1 Å². The third-order valence-electron chi connectivity index (χ3n) is 3.57. The fourth-order valence-corrected chi connectivity index (χ4v) is 2.40. The predicted octanol–water partition coefficient (Wildman–Crippen LogP) is 1.48. The Hall–Kier alpha value is -0.900. The second-order valence-electron chi connectivity index (χ2n) is 5.11. The van der Waals surface area contributed by atoms with Crippen molar-refractivity contribution in [2.75, 3.05) is 0 Å². The standard InChI is InChI=1S/C11H20N4/c1-11(2)6-4-5-9(11)12-7-10-13-8-14-15(10)3/h8-9,12H,4-7H2,1-3H3. The van der Waals surface area contributed by atoms with E-state index < -0.39 is 0 Å². The van der Waals surface area contributed by atoms with Gasteiger partial charge in [0.25, 0.3) is 0 Å². The molecule has 0 spiro atoms. The normalized spacial score (nSPS) is 24.6. The van der Waals surface area contributed by atoms with Gasteiger partial charge >= 0.3 is 0 Å². The van der Waals surface area contributed by atoms with Gasteiger partial charge in [0.05, 0.1) is 6.54 Å². The summed E-state index contributed by atoms with van der Waals surface area (Å²) >= 11 is 0. The molecule has 2 rings (SSSR count). The van der Waals surface area contributed by atoms with Gasteiger partial charge in [0.2, 0.25) is 0 Å². The summed E-state index contributed by atoms with van der Waals surface area (Å²) in [5, 5.41) is 7.66. The molecule has 1 unspecified atom stereocenters. The highest BCUT2D eigenvalue weighted by atomic mass is 15.3. The first-order valence-corrected chi connectivity index (χ1v) is 5.66. The van der Waals surface area contributed by atoms with Gasteiger partial charge < -0.3 is 5.32 Å². The fraction of sp³-hybridized carbons (Fsp3) is 0.818. The van der Waals surface area contributed by atoms with Crippen molar-refractivity contribution in [3.63, 3.8) is 0 Å². The molecule has 1 fully saturated rings. The fourth-order valence-electron chi connectivity index (χ4n) is 2.40. The Morgan fingerprint density at radius 1 is 1.60 bits per heavy atom. The van der Waals surface area contributed by atoms with Crippen LogP contribution in [0.4, 0.5) is 0 Å². The zero-order valence-electron chi connectivity index (χ0n) is 9.82. The Balaban J connectivity index is 1.91. The van der Waals surface area contributed by atoms with Gasteiger partial charge in [0.15, 0.2) is 0 Å². The number of aryl methyl sites for hydroxylation is 1. The number of rotatable bonds is 3. The molecular formula is C11H20N4. The van der Waals surface area contributed by atoms with E-state index in [0.717, 1.165) is 12.4 Å². The topological polar surface area (TPSA) is 42.7 Å². The molecule has 15 heavy (non-hydrogen) atoms. The van der Waals surface area contributed by atoms with Gasteiger partial charge in [-0.15, -0.1) is 0 Å². The summed E-state index contributed by atoms with van der Waals surface area (Å²) in [7, 11) is 1.93. The zero-order chi connectivity index (χ0) is 10.9. The number of hydrogen-bond donors (Lipinski definition) is 1. The van der Waals surface area contributed by atoms with Crippen LogP contribution in [-0.4, -0.2) is 20.8 Å². The number of nitrogens with zero attached hydrogens (tertiary/aromatic N) is 3. The van der Waals surface area contributed by atoms with E-state index >= 15 is 0 Å². The molecule has 4 heteroatoms. The van der Waals surface area contributed by atoms with Gasteiger partial charge in [-0.25, -0.2) is 4.98 Å². The van der Waals surface area contributed by atoms with Crippen molar-refractivity contribution in [2.45, 2.75) is 45.7 Å². The second kappa shape index (κ2) is 3.93. The first kappa shape index (κ1) is 10.6. The summed E-state index contributed by atoms with van der Waals surface area (Å²) < 4.78 is 1.83. The number of hydrogen-bond acceptors (Lipinski definition) is 3. The van der Waals surface area contributed by atoms with Crippen molar-refractivity contribution in [1.29, 1.82) is 0 Å². The van der Waals surface area contributed by atoms with E-state index in [4.69, 9.17) is 0 Å². The lowest BCUT2D eigenvalue weighted by Gasteiger charge is -2.27. The molecule has 0 radical (unpaired) electrons. The first-order chi connectivity index (χ1) is 7.09. The van der Waals surface area contributed by atoms with Crippen molar-refractivity contribution in [2.24, 2.45) is 12.5 Å². The van der Waals surface area contributed by atoms with Crippen molar-refractivity contribution >= 4 is 0 Å². The van der Waals surface area contributed by atoms with E-state index in [2.05, 4.69) is 29.2 Å². The van der Waals surface area contributed by atoms with Crippen molar-refractivity contribution in [1.82, 2.24) is 20.1 Å². The Labute approximate surface area is 91.1 Å². The van der Waals surface area contributed by atoms with Crippen LogP contribution in [0.15, 0.2) is 6.33 Å². The second-order valence-corrected chi connectivity index (χ2v) is 5.11. The van der Waals surface area contributed by atoms with Crippen LogP contribution in [0, 0.1) is 5.41 Å². The van der Waals surface area contributed by atoms with E-state index in [1.165, 1.54) is 19.3 Å². The summed E-state index contributed by atoms with van der Waals surface area (Å²) in [5.41, 5.74) is 0.429. The minimum Gasteiger partial charge on any atom is -0.307 e. The zero-order valence-corrected chi connectivity index (χ0v) is 9.82. The van der Waals surface area contributed by atoms with E-state index in [-0.39, 0.29) is 0 Å². The molecule has 1 aromatic heterocycles. The Morgan fingerprint density at radius 2 is 2.40 bits per heavy atom. The first-order valence-electron chi connectivity index (χ1n) is 5.66. The molecule has 1 aliphatic rings. The monoisotopic (exact) mass is 208 g/mol. The highest BCUT2D eigenvalue weighted by molar-refractivity contribution is 4.92. The maximum atomic E-state index is 4.21. The van der Waals surface area contributed by atoms with Crippen LogP contribution in [0.1, 0.15) is 38.9 Å². The van der Waals surface area contributed by atoms with E-state index in [1.54, 1.807) is 6.33 Å². The van der Waals surface area contributed by atoms with Crippen LogP contribution in [0.5, 0.6) is 0 Å². The number of nitrogens with one attached hydrogen (secondary N) is 1. The van der Waals surface area contributed by atoms with Crippen LogP contribution in [0.2, 0.25) is 0 Å². The molecule has 0 saturated heterocycles. The van der Waals surface area contributed by atoms with E-state index in [0.29, 0.717) is 11.5 Å². The van der Waals surface area contributed by atoms with Crippen LogP contribution in [0.3, 0.4) is 0 Å². The third-order valence-corrected chi connectivity index (χ3v) is 3.57. The van der Waals surface area contributed by atoms with Gasteiger partial charge in [-0.2, -0.15) is 5.10 Å². The molecule has 1 atom stereocenters. The quantitative estimate of drug-likeness (QED) is 0.818. The largest absolute Gasteiger partial charge is 0.307 e. The molecule has 0 aromatic carbocycles. The molecule has 0 aliphatic heterocycles. The molecule has 1 saturated carbocycles. The highest BCUT2D eigenvalue weighted by Gasteiger charge is 2.33. The smallest absolute Gasteiger partial charge is 0.140 e. The average Bonchev–Trinajstić information content (AvgIpc) is 2.69. The van der Waals surface area contributed by atoms with Crippen molar-refractivity contribution in [3.05, 3.63) is 12.2 Å². The lowest BCUT2D eigenvalue weighted by atomic mass is 9.87. The van der Waals surface area contributed by atoms with Crippen LogP contribution in [-0.2, 0) is 13.6 Å². The van der Waals surface area contributed by atoms with Gasteiger partial charge in [-0.05, 0) is 18.3 Å². The van der Waals surface area contributed by atoms with Gasteiger partial charge in [-0.3, -0.25) is 4.68 Å². The summed E-state index contributed by atoms with van der Waals surface area (Å²) in [5.74, 6) is 1.01. The molecule has 84 valence electrons. The molecule has 0 amide bonds. The molecule has 1 aromatic rings. The van der Waals surface area contributed by atoms with Crippen LogP contribution < -0.4 is 5.32 Å². The predicted molar refractivity (Wildman–Crippen MR) is 59.3 cm³/mol. The Bertz CT molecular complexity index is 329. The van der Waals surface area contributed by atoms with E-state index in [1.807, 2.05) is 11.7 Å². The summed E-state index contributed by atoms with van der Waals surface area (Å²) in [6.45, 7) is 5.51. The number of aromatic nitrogens is 3. The minimum atomic E-state index is 0.429. The molecule has 1 N–H and O–H groups in total. The highest BCUT2D eigenvalue weighted by Crippen LogP contribution is 2.37. The maximum Gasteiger partial charge on any atom is 0.140 e. The van der Waals surface area contributed by atoms with Crippen LogP contribution in [0.25, 0.3) is 0 Å². The molecule has 4 nitrogen and oxygen atoms in total. The Morgan fingerprint density at radius 3 is 2.93 bits per heavy atom. The van der Waals surface area contributed by atoms with Crippen LogP contribution >= 0.6 is 0 Å². The molecule has 0 bridgehead atoms. The maximum absolute atomic E-state index is 4.21. The SMILES string of the molecule is Cn1ncnc1CNC1CCCC1(C)C. The van der Waals surface area contributed by atoms with Crippen molar-refractivity contribution in [3.8, 4) is 0 Å². The Kier molecular flexibility index (Phi) is 2.78. The van der Waals surface area contributed by atoms with Gasteiger partial charge in [0.1, 0.15) is 12.2 Å². The lowest BCUT2D eigenvalue weighted by Crippen LogP contribution is -2.37. The molecule has 1 aliphatic carbocycles. The average molecular weight is 208 g/mol. The third kappa shape index (κ3) is 2.20. The molecule has 1 heterocycles. The summed E-state index contributed by atoms with van der Waals surface area (Å²) in [6, 6.07) is 0.620. The van der Waals surface area contributed by atoms with Crippen molar-refractivity contribution < 1.29 is 0 Å². The molecular weight excluding hydrogens is 188 g/mol. The summed E-state index contributed by atoms with van der Waals surface area (Å²) in [6.07, 6.45) is 5.55. The summed E-state index contributed by atoms with van der Waals surface area (Å²) in [4.78, 5) is 4.21. The van der Waals surface area contributed by atoms with Gasteiger partial charge in [-0.1, -0.05) is 20.3 Å².